The van der Waals surface area contributed by atoms with E-state index in [1.807, 2.05) is 24.3 Å². The Morgan fingerprint density at radius 1 is 1.15 bits per heavy atom. The highest BCUT2D eigenvalue weighted by Gasteiger charge is 2.12. The molecule has 0 radical (unpaired) electrons. The summed E-state index contributed by atoms with van der Waals surface area (Å²) >= 11 is 0. The van der Waals surface area contributed by atoms with Gasteiger partial charge in [-0.25, -0.2) is 4.98 Å². The van der Waals surface area contributed by atoms with Crippen molar-refractivity contribution in [2.24, 2.45) is 4.99 Å². The number of rotatable bonds is 6. The number of ether oxygens (including phenoxy) is 3. The molecule has 1 aromatic carbocycles. The van der Waals surface area contributed by atoms with E-state index in [9.17, 15) is 0 Å². The highest BCUT2D eigenvalue weighted by Crippen LogP contribution is 2.32. The number of nitrogens with zero attached hydrogens (tertiary/aromatic N) is 2. The lowest BCUT2D eigenvalue weighted by Crippen LogP contribution is -2.37. The number of nitrogens with one attached hydrogen (secondary N) is 2. The zero-order chi connectivity index (χ0) is 17.5. The van der Waals surface area contributed by atoms with Gasteiger partial charge in [-0.3, -0.25) is 4.99 Å². The van der Waals surface area contributed by atoms with Crippen LogP contribution >= 0.6 is 24.0 Å². The third kappa shape index (κ3) is 5.38. The van der Waals surface area contributed by atoms with Gasteiger partial charge in [0.1, 0.15) is 0 Å². The second-order valence-corrected chi connectivity index (χ2v) is 5.50. The normalized spacial score (nSPS) is 12.3. The maximum absolute atomic E-state index is 5.40. The molecule has 2 aromatic rings. The lowest BCUT2D eigenvalue weighted by Gasteiger charge is -2.12. The lowest BCUT2D eigenvalue weighted by atomic mass is 10.1. The Balaban J connectivity index is 0.00000243. The van der Waals surface area contributed by atoms with Gasteiger partial charge >= 0.3 is 0 Å². The summed E-state index contributed by atoms with van der Waals surface area (Å²) in [5, 5.41) is 6.56. The van der Waals surface area contributed by atoms with Crippen molar-refractivity contribution in [1.82, 2.24) is 15.6 Å². The summed E-state index contributed by atoms with van der Waals surface area (Å²) in [5.74, 6) is 2.97. The van der Waals surface area contributed by atoms with Gasteiger partial charge in [0.25, 0.3) is 0 Å². The van der Waals surface area contributed by atoms with Crippen LogP contribution in [0, 0.1) is 0 Å². The van der Waals surface area contributed by atoms with Crippen LogP contribution in [0.5, 0.6) is 17.4 Å². The van der Waals surface area contributed by atoms with Gasteiger partial charge in [0.2, 0.25) is 12.7 Å². The number of methoxy groups -OCH3 is 1. The van der Waals surface area contributed by atoms with Gasteiger partial charge in [-0.1, -0.05) is 12.1 Å². The van der Waals surface area contributed by atoms with Gasteiger partial charge in [-0.15, -0.1) is 24.0 Å². The van der Waals surface area contributed by atoms with E-state index in [1.54, 1.807) is 20.4 Å². The number of aliphatic imine (C=N–C) groups is 1. The molecule has 0 spiro atoms. The van der Waals surface area contributed by atoms with Crippen molar-refractivity contribution < 1.29 is 14.2 Å². The van der Waals surface area contributed by atoms with Crippen molar-refractivity contribution in [3.63, 3.8) is 0 Å². The second kappa shape index (κ2) is 10.0. The zero-order valence-electron chi connectivity index (χ0n) is 14.8. The first kappa shape index (κ1) is 20.1. The van der Waals surface area contributed by atoms with Gasteiger partial charge in [0, 0.05) is 32.4 Å². The highest BCUT2D eigenvalue weighted by molar-refractivity contribution is 14.0. The standard InChI is InChI=1S/C18H22N4O3.HI/c1-19-18(22-11-14-4-6-17(23-2)21-10-14)20-8-7-13-3-5-15-16(9-13)25-12-24-15;/h3-6,9-10H,7-8,11-12H2,1-2H3,(H2,19,20,22);1H. The molecule has 0 saturated carbocycles. The summed E-state index contributed by atoms with van der Waals surface area (Å²) in [4.78, 5) is 8.42. The SMILES string of the molecule is CN=C(NCCc1ccc2c(c1)OCO2)NCc1ccc(OC)nc1.I. The molecule has 0 unspecified atom stereocenters. The van der Waals surface area contributed by atoms with Crippen LogP contribution in [0.15, 0.2) is 41.5 Å². The number of guanidine groups is 1. The van der Waals surface area contributed by atoms with Gasteiger partial charge in [-0.2, -0.15) is 0 Å². The van der Waals surface area contributed by atoms with Crippen LogP contribution in [0.1, 0.15) is 11.1 Å². The molecule has 7 nitrogen and oxygen atoms in total. The van der Waals surface area contributed by atoms with E-state index in [-0.39, 0.29) is 24.0 Å². The van der Waals surface area contributed by atoms with E-state index >= 15 is 0 Å². The lowest BCUT2D eigenvalue weighted by molar-refractivity contribution is 0.174. The highest BCUT2D eigenvalue weighted by atomic mass is 127. The average molecular weight is 470 g/mol. The van der Waals surface area contributed by atoms with Crippen LogP contribution in [0.4, 0.5) is 0 Å². The predicted molar refractivity (Wildman–Crippen MR) is 111 cm³/mol. The monoisotopic (exact) mass is 470 g/mol. The predicted octanol–water partition coefficient (Wildman–Crippen LogP) is 2.34. The van der Waals surface area contributed by atoms with Crippen LogP contribution in [0.2, 0.25) is 0 Å². The summed E-state index contributed by atoms with van der Waals surface area (Å²) in [7, 11) is 3.36. The van der Waals surface area contributed by atoms with Crippen molar-refractivity contribution in [2.45, 2.75) is 13.0 Å². The number of hydrogen-bond donors (Lipinski definition) is 2. The summed E-state index contributed by atoms with van der Waals surface area (Å²) in [6.45, 7) is 1.70. The number of aromatic nitrogens is 1. The van der Waals surface area contributed by atoms with Crippen molar-refractivity contribution in [3.05, 3.63) is 47.7 Å². The third-order valence-corrected chi connectivity index (χ3v) is 3.83. The molecule has 0 bridgehead atoms. The number of hydrogen-bond acceptors (Lipinski definition) is 5. The van der Waals surface area contributed by atoms with Gasteiger partial charge in [0.15, 0.2) is 17.5 Å². The van der Waals surface area contributed by atoms with Crippen LogP contribution in [-0.2, 0) is 13.0 Å². The Morgan fingerprint density at radius 2 is 1.96 bits per heavy atom. The number of benzene rings is 1. The molecule has 2 N–H and O–H groups in total. The minimum absolute atomic E-state index is 0. The Morgan fingerprint density at radius 3 is 2.69 bits per heavy atom. The molecule has 3 rings (SSSR count). The second-order valence-electron chi connectivity index (χ2n) is 5.50. The maximum Gasteiger partial charge on any atom is 0.231 e. The van der Waals surface area contributed by atoms with E-state index in [4.69, 9.17) is 14.2 Å². The summed E-state index contributed by atoms with van der Waals surface area (Å²) in [5.41, 5.74) is 2.24. The molecule has 8 heteroatoms. The molecule has 1 aliphatic heterocycles. The molecular weight excluding hydrogens is 447 g/mol. The third-order valence-electron chi connectivity index (χ3n) is 3.83. The first-order chi connectivity index (χ1) is 12.3. The number of halogens is 1. The summed E-state index contributed by atoms with van der Waals surface area (Å²) < 4.78 is 15.8. The Hall–Kier alpha value is -2.23. The molecule has 0 saturated heterocycles. The van der Waals surface area contributed by atoms with Crippen molar-refractivity contribution >= 4 is 29.9 Å². The van der Waals surface area contributed by atoms with Crippen LogP contribution in [0.25, 0.3) is 0 Å². The van der Waals surface area contributed by atoms with E-state index < -0.39 is 0 Å². The molecule has 0 amide bonds. The quantitative estimate of drug-likeness (QED) is 0.384. The van der Waals surface area contributed by atoms with Gasteiger partial charge in [-0.05, 0) is 29.7 Å². The molecule has 2 heterocycles. The van der Waals surface area contributed by atoms with Crippen LogP contribution in [-0.4, -0.2) is 38.4 Å². The first-order valence-electron chi connectivity index (χ1n) is 8.10. The zero-order valence-corrected chi connectivity index (χ0v) is 17.2. The van der Waals surface area contributed by atoms with E-state index in [0.717, 1.165) is 36.0 Å². The van der Waals surface area contributed by atoms with E-state index in [1.165, 1.54) is 5.56 Å². The van der Waals surface area contributed by atoms with Gasteiger partial charge in [0.05, 0.1) is 7.11 Å². The minimum Gasteiger partial charge on any atom is -0.481 e. The number of pyridine rings is 1. The van der Waals surface area contributed by atoms with E-state index in [0.29, 0.717) is 19.2 Å². The Kier molecular flexibility index (Phi) is 7.76. The molecule has 140 valence electrons. The van der Waals surface area contributed by atoms with Crippen molar-refractivity contribution in [2.75, 3.05) is 27.5 Å². The summed E-state index contributed by atoms with van der Waals surface area (Å²) in [6.07, 6.45) is 2.65. The largest absolute Gasteiger partial charge is 0.481 e. The van der Waals surface area contributed by atoms with Crippen LogP contribution in [0.3, 0.4) is 0 Å². The molecule has 0 fully saturated rings. The minimum atomic E-state index is 0. The van der Waals surface area contributed by atoms with Crippen molar-refractivity contribution in [3.8, 4) is 17.4 Å². The molecule has 1 aromatic heterocycles. The molecule has 0 atom stereocenters. The molecule has 26 heavy (non-hydrogen) atoms. The fourth-order valence-corrected chi connectivity index (χ4v) is 2.46. The Bertz CT molecular complexity index is 738. The molecular formula is C18H23IN4O3. The fourth-order valence-electron chi connectivity index (χ4n) is 2.46. The van der Waals surface area contributed by atoms with Crippen molar-refractivity contribution in [1.29, 1.82) is 0 Å². The summed E-state index contributed by atoms with van der Waals surface area (Å²) in [6, 6.07) is 9.82. The molecule has 0 aliphatic carbocycles. The van der Waals surface area contributed by atoms with E-state index in [2.05, 4.69) is 26.7 Å². The first-order valence-corrected chi connectivity index (χ1v) is 8.10. The Labute approximate surface area is 170 Å². The fraction of sp³-hybridized carbons (Fsp3) is 0.333. The van der Waals surface area contributed by atoms with Gasteiger partial charge < -0.3 is 24.8 Å². The number of fused-ring (bicyclic) bond motifs is 1. The van der Waals surface area contributed by atoms with Crippen LogP contribution < -0.4 is 24.8 Å². The average Bonchev–Trinajstić information content (AvgIpc) is 3.12. The smallest absolute Gasteiger partial charge is 0.231 e. The molecule has 1 aliphatic rings. The topological polar surface area (TPSA) is 77.0 Å². The maximum atomic E-state index is 5.40.